The first kappa shape index (κ1) is 17.5. The Morgan fingerprint density at radius 1 is 1.48 bits per heavy atom. The lowest BCUT2D eigenvalue weighted by Crippen LogP contribution is -2.50. The minimum Gasteiger partial charge on any atom is -0.372 e. The molecule has 1 fully saturated rings. The molecular weight excluding hydrogens is 316 g/mol. The summed E-state index contributed by atoms with van der Waals surface area (Å²) < 4.78 is 32.0. The van der Waals surface area contributed by atoms with E-state index >= 15 is 0 Å². The monoisotopic (exact) mass is 336 g/mol. The second kappa shape index (κ2) is 6.71. The molecule has 1 aromatic rings. The summed E-state index contributed by atoms with van der Waals surface area (Å²) in [7, 11) is -3.72. The van der Waals surface area contributed by atoms with Crippen molar-refractivity contribution < 1.29 is 17.9 Å². The van der Waals surface area contributed by atoms with Crippen LogP contribution >= 0.6 is 0 Å². The van der Waals surface area contributed by atoms with Crippen molar-refractivity contribution >= 4 is 15.9 Å². The molecular formula is C16H20N2O4S. The predicted octanol–water partition coefficient (Wildman–Crippen LogP) is 0.849. The Balaban J connectivity index is 2.23. The summed E-state index contributed by atoms with van der Waals surface area (Å²) in [6, 6.07) is 5.94. The number of rotatable bonds is 4. The highest BCUT2D eigenvalue weighted by molar-refractivity contribution is 7.89. The van der Waals surface area contributed by atoms with Crippen molar-refractivity contribution in [3.8, 4) is 12.3 Å². The van der Waals surface area contributed by atoms with Crippen molar-refractivity contribution in [1.29, 1.82) is 0 Å². The molecule has 0 aromatic heterocycles. The zero-order valence-corrected chi connectivity index (χ0v) is 14.0. The van der Waals surface area contributed by atoms with Gasteiger partial charge in [0.1, 0.15) is 0 Å². The summed E-state index contributed by atoms with van der Waals surface area (Å²) >= 11 is 0. The third-order valence-electron chi connectivity index (χ3n) is 3.47. The molecule has 1 saturated heterocycles. The van der Waals surface area contributed by atoms with Crippen LogP contribution in [0.3, 0.4) is 0 Å². The van der Waals surface area contributed by atoms with Crippen LogP contribution in [0.25, 0.3) is 0 Å². The maximum Gasteiger partial charge on any atom is 0.254 e. The van der Waals surface area contributed by atoms with Gasteiger partial charge in [-0.05, 0) is 32.0 Å². The average molecular weight is 336 g/mol. The molecule has 7 heteroatoms. The molecule has 0 bridgehead atoms. The van der Waals surface area contributed by atoms with Gasteiger partial charge in [-0.15, -0.1) is 6.42 Å². The summed E-state index contributed by atoms with van der Waals surface area (Å²) in [5, 5.41) is 0. The molecule has 0 saturated carbocycles. The van der Waals surface area contributed by atoms with E-state index in [2.05, 4.69) is 10.6 Å². The second-order valence-electron chi connectivity index (χ2n) is 5.89. The molecule has 0 unspecified atom stereocenters. The number of hydrogen-bond donors (Lipinski definition) is 1. The number of nitrogens with one attached hydrogen (secondary N) is 1. The van der Waals surface area contributed by atoms with Crippen molar-refractivity contribution in [2.75, 3.05) is 26.2 Å². The van der Waals surface area contributed by atoms with Crippen LogP contribution in [0, 0.1) is 12.3 Å². The van der Waals surface area contributed by atoms with E-state index < -0.39 is 15.6 Å². The van der Waals surface area contributed by atoms with E-state index in [1.165, 1.54) is 12.1 Å². The van der Waals surface area contributed by atoms with Crippen molar-refractivity contribution in [2.24, 2.45) is 0 Å². The molecule has 1 amide bonds. The number of hydrogen-bond acceptors (Lipinski definition) is 4. The molecule has 0 aliphatic carbocycles. The summed E-state index contributed by atoms with van der Waals surface area (Å²) in [5.41, 5.74) is -0.0855. The van der Waals surface area contributed by atoms with Crippen LogP contribution in [-0.2, 0) is 14.8 Å². The molecule has 124 valence electrons. The number of benzene rings is 1. The van der Waals surface area contributed by atoms with Gasteiger partial charge in [0.2, 0.25) is 10.0 Å². The van der Waals surface area contributed by atoms with E-state index in [4.69, 9.17) is 11.2 Å². The molecule has 1 aliphatic rings. The summed E-state index contributed by atoms with van der Waals surface area (Å²) in [4.78, 5) is 14.3. The molecule has 0 atom stereocenters. The number of morpholine rings is 1. The number of sulfonamides is 1. The zero-order chi connectivity index (χ0) is 17.1. The van der Waals surface area contributed by atoms with E-state index in [1.54, 1.807) is 17.0 Å². The Labute approximate surface area is 136 Å². The SMILES string of the molecule is C#CCNS(=O)(=O)c1cccc(C(=O)N2CCOC(C)(C)C2)c1. The first-order valence-corrected chi connectivity index (χ1v) is 8.70. The third-order valence-corrected chi connectivity index (χ3v) is 4.87. The molecule has 1 N–H and O–H groups in total. The minimum atomic E-state index is -3.72. The maximum atomic E-state index is 12.6. The van der Waals surface area contributed by atoms with E-state index in [1.807, 2.05) is 13.8 Å². The minimum absolute atomic E-state index is 0.0196. The second-order valence-corrected chi connectivity index (χ2v) is 7.66. The van der Waals surface area contributed by atoms with E-state index in [0.717, 1.165) is 0 Å². The zero-order valence-electron chi connectivity index (χ0n) is 13.2. The molecule has 0 radical (unpaired) electrons. The smallest absolute Gasteiger partial charge is 0.254 e. The number of carbonyl (C=O) groups is 1. The van der Waals surface area contributed by atoms with Gasteiger partial charge in [0.05, 0.1) is 23.6 Å². The number of ether oxygens (including phenoxy) is 1. The predicted molar refractivity (Wildman–Crippen MR) is 86.4 cm³/mol. The van der Waals surface area contributed by atoms with Crippen LogP contribution in [0.2, 0.25) is 0 Å². The Morgan fingerprint density at radius 3 is 2.87 bits per heavy atom. The summed E-state index contributed by atoms with van der Waals surface area (Å²) in [5.74, 6) is 2.00. The van der Waals surface area contributed by atoms with E-state index in [0.29, 0.717) is 25.3 Å². The number of amides is 1. The molecule has 23 heavy (non-hydrogen) atoms. The largest absolute Gasteiger partial charge is 0.372 e. The molecule has 0 spiro atoms. The van der Waals surface area contributed by atoms with Gasteiger partial charge in [-0.2, -0.15) is 4.72 Å². The lowest BCUT2D eigenvalue weighted by Gasteiger charge is -2.38. The van der Waals surface area contributed by atoms with Gasteiger partial charge in [0.25, 0.3) is 5.91 Å². The van der Waals surface area contributed by atoms with Gasteiger partial charge in [-0.25, -0.2) is 8.42 Å². The highest BCUT2D eigenvalue weighted by Crippen LogP contribution is 2.19. The lowest BCUT2D eigenvalue weighted by molar-refractivity contribution is -0.0764. The van der Waals surface area contributed by atoms with Crippen LogP contribution < -0.4 is 4.72 Å². The van der Waals surface area contributed by atoms with Crippen molar-refractivity contribution in [1.82, 2.24) is 9.62 Å². The van der Waals surface area contributed by atoms with Gasteiger partial charge in [-0.3, -0.25) is 4.79 Å². The fraction of sp³-hybridized carbons (Fsp3) is 0.438. The summed E-state index contributed by atoms with van der Waals surface area (Å²) in [6.45, 7) is 5.12. The van der Waals surface area contributed by atoms with Crippen LogP contribution in [0.1, 0.15) is 24.2 Å². The van der Waals surface area contributed by atoms with E-state index in [-0.39, 0.29) is 17.3 Å². The van der Waals surface area contributed by atoms with Crippen molar-refractivity contribution in [3.05, 3.63) is 29.8 Å². The van der Waals surface area contributed by atoms with Gasteiger partial charge in [0, 0.05) is 18.7 Å². The number of terminal acetylenes is 1. The molecule has 6 nitrogen and oxygen atoms in total. The molecule has 1 aromatic carbocycles. The van der Waals surface area contributed by atoms with Crippen LogP contribution in [-0.4, -0.2) is 51.1 Å². The summed E-state index contributed by atoms with van der Waals surface area (Å²) in [6.07, 6.45) is 5.07. The fourth-order valence-electron chi connectivity index (χ4n) is 2.39. The molecule has 1 aliphatic heterocycles. The Morgan fingerprint density at radius 2 is 2.22 bits per heavy atom. The quantitative estimate of drug-likeness (QED) is 0.827. The first-order chi connectivity index (χ1) is 10.7. The van der Waals surface area contributed by atoms with Gasteiger partial charge in [-0.1, -0.05) is 12.0 Å². The van der Waals surface area contributed by atoms with Crippen LogP contribution in [0.4, 0.5) is 0 Å². The van der Waals surface area contributed by atoms with Gasteiger partial charge < -0.3 is 9.64 Å². The standard InChI is InChI=1S/C16H20N2O4S/c1-4-8-17-23(20,21)14-7-5-6-13(11-14)15(19)18-9-10-22-16(2,3)12-18/h1,5-7,11,17H,8-10,12H2,2-3H3. The van der Waals surface area contributed by atoms with Crippen molar-refractivity contribution in [2.45, 2.75) is 24.3 Å². The number of carbonyl (C=O) groups excluding carboxylic acids is 1. The van der Waals surface area contributed by atoms with Crippen LogP contribution in [0.15, 0.2) is 29.2 Å². The normalized spacial score (nSPS) is 17.5. The number of nitrogens with zero attached hydrogens (tertiary/aromatic N) is 1. The van der Waals surface area contributed by atoms with Crippen molar-refractivity contribution in [3.63, 3.8) is 0 Å². The molecule has 1 heterocycles. The van der Waals surface area contributed by atoms with E-state index in [9.17, 15) is 13.2 Å². The highest BCUT2D eigenvalue weighted by atomic mass is 32.2. The Hall–Kier alpha value is -1.88. The highest BCUT2D eigenvalue weighted by Gasteiger charge is 2.30. The van der Waals surface area contributed by atoms with Gasteiger partial charge in [0.15, 0.2) is 0 Å². The van der Waals surface area contributed by atoms with Crippen LogP contribution in [0.5, 0.6) is 0 Å². The topological polar surface area (TPSA) is 75.7 Å². The lowest BCUT2D eigenvalue weighted by atomic mass is 10.1. The fourth-order valence-corrected chi connectivity index (χ4v) is 3.37. The average Bonchev–Trinajstić information content (AvgIpc) is 2.51. The first-order valence-electron chi connectivity index (χ1n) is 7.22. The Bertz CT molecular complexity index is 735. The Kier molecular flexibility index (Phi) is 5.09. The third kappa shape index (κ3) is 4.32. The maximum absolute atomic E-state index is 12.6. The molecule has 2 rings (SSSR count). The van der Waals surface area contributed by atoms with Gasteiger partial charge >= 0.3 is 0 Å².